The van der Waals surface area contributed by atoms with Crippen LogP contribution < -0.4 is 5.32 Å². The normalized spacial score (nSPS) is 11.1. The lowest BCUT2D eigenvalue weighted by molar-refractivity contribution is -0.113. The SMILES string of the molecule is CCCn1c(SCC(=O)Nc2nc(-c3ccc(C)cc3)cs2)nnc1-c1ccc(Br)o1. The van der Waals surface area contributed by atoms with E-state index in [9.17, 15) is 4.79 Å². The van der Waals surface area contributed by atoms with E-state index in [0.717, 1.165) is 24.2 Å². The number of thiazole rings is 1. The molecule has 0 unspecified atom stereocenters. The van der Waals surface area contributed by atoms with Gasteiger partial charge in [-0.15, -0.1) is 21.5 Å². The number of carbonyl (C=O) groups excluding carboxylic acids is 1. The maximum atomic E-state index is 12.5. The Morgan fingerprint density at radius 3 is 2.74 bits per heavy atom. The first-order valence-corrected chi connectivity index (χ1v) is 12.3. The molecule has 0 aliphatic heterocycles. The maximum absolute atomic E-state index is 12.5. The van der Waals surface area contributed by atoms with Crippen LogP contribution in [0.1, 0.15) is 18.9 Å². The van der Waals surface area contributed by atoms with Crippen LogP contribution in [0, 0.1) is 6.92 Å². The highest BCUT2D eigenvalue weighted by Crippen LogP contribution is 2.28. The number of benzene rings is 1. The van der Waals surface area contributed by atoms with Crippen LogP contribution in [0.5, 0.6) is 0 Å². The Morgan fingerprint density at radius 1 is 1.23 bits per heavy atom. The van der Waals surface area contributed by atoms with Gasteiger partial charge in [0.15, 0.2) is 20.7 Å². The van der Waals surface area contributed by atoms with Gasteiger partial charge in [-0.05, 0) is 41.4 Å². The molecule has 7 nitrogen and oxygen atoms in total. The zero-order valence-electron chi connectivity index (χ0n) is 17.0. The Bertz CT molecular complexity index is 1180. The van der Waals surface area contributed by atoms with Crippen molar-refractivity contribution in [2.24, 2.45) is 0 Å². The number of hydrogen-bond acceptors (Lipinski definition) is 7. The average Bonchev–Trinajstić information content (AvgIpc) is 3.48. The summed E-state index contributed by atoms with van der Waals surface area (Å²) in [6.07, 6.45) is 0.910. The van der Waals surface area contributed by atoms with Gasteiger partial charge in [-0.25, -0.2) is 4.98 Å². The minimum Gasteiger partial charge on any atom is -0.446 e. The fourth-order valence-corrected chi connectivity index (χ4v) is 4.72. The summed E-state index contributed by atoms with van der Waals surface area (Å²) in [6.45, 7) is 4.86. The molecular weight excluding hydrogens is 498 g/mol. The second-order valence-electron chi connectivity index (χ2n) is 6.80. The standard InChI is InChI=1S/C21H20BrN5O2S2/c1-3-10-27-19(16-8-9-17(22)29-16)25-26-21(27)31-12-18(28)24-20-23-15(11-30-20)14-6-4-13(2)5-7-14/h4-9,11H,3,10,12H2,1-2H3,(H,23,24,28). The molecule has 1 N–H and O–H groups in total. The Morgan fingerprint density at radius 2 is 2.03 bits per heavy atom. The van der Waals surface area contributed by atoms with E-state index in [-0.39, 0.29) is 11.7 Å². The molecule has 1 aromatic carbocycles. The van der Waals surface area contributed by atoms with E-state index in [2.05, 4.69) is 43.4 Å². The zero-order valence-corrected chi connectivity index (χ0v) is 20.2. The summed E-state index contributed by atoms with van der Waals surface area (Å²) in [7, 11) is 0. The summed E-state index contributed by atoms with van der Waals surface area (Å²) in [6, 6.07) is 11.8. The van der Waals surface area contributed by atoms with E-state index >= 15 is 0 Å². The summed E-state index contributed by atoms with van der Waals surface area (Å²) in [5, 5.41) is 14.6. The average molecular weight is 518 g/mol. The monoisotopic (exact) mass is 517 g/mol. The molecule has 3 heterocycles. The molecule has 0 fully saturated rings. The van der Waals surface area contributed by atoms with Crippen LogP contribution in [0.25, 0.3) is 22.8 Å². The van der Waals surface area contributed by atoms with Crippen molar-refractivity contribution in [1.82, 2.24) is 19.7 Å². The Balaban J connectivity index is 1.40. The largest absolute Gasteiger partial charge is 0.446 e. The van der Waals surface area contributed by atoms with Gasteiger partial charge in [0.25, 0.3) is 0 Å². The lowest BCUT2D eigenvalue weighted by atomic mass is 10.1. The quantitative estimate of drug-likeness (QED) is 0.294. The number of furan rings is 1. The summed E-state index contributed by atoms with van der Waals surface area (Å²) >= 11 is 6.07. The highest BCUT2D eigenvalue weighted by Gasteiger charge is 2.18. The molecule has 3 aromatic heterocycles. The molecule has 0 saturated carbocycles. The van der Waals surface area contributed by atoms with E-state index in [4.69, 9.17) is 4.42 Å². The fourth-order valence-electron chi connectivity index (χ4n) is 2.91. The number of rotatable bonds is 8. The van der Waals surface area contributed by atoms with Crippen molar-refractivity contribution >= 4 is 50.1 Å². The number of carbonyl (C=O) groups is 1. The van der Waals surface area contributed by atoms with Gasteiger partial charge in [0.2, 0.25) is 11.7 Å². The van der Waals surface area contributed by atoms with Crippen LogP contribution in [0.15, 0.2) is 56.0 Å². The second kappa shape index (κ2) is 9.80. The molecule has 0 aliphatic carbocycles. The molecular formula is C21H20BrN5O2S2. The first kappa shape index (κ1) is 21.8. The lowest BCUT2D eigenvalue weighted by Gasteiger charge is -2.07. The van der Waals surface area contributed by atoms with Crippen LogP contribution in [0.3, 0.4) is 0 Å². The van der Waals surface area contributed by atoms with Gasteiger partial charge in [-0.2, -0.15) is 0 Å². The molecule has 0 aliphatic rings. The smallest absolute Gasteiger partial charge is 0.236 e. The van der Waals surface area contributed by atoms with Gasteiger partial charge in [0.1, 0.15) is 0 Å². The molecule has 0 saturated heterocycles. The number of anilines is 1. The van der Waals surface area contributed by atoms with Gasteiger partial charge in [-0.3, -0.25) is 9.36 Å². The zero-order chi connectivity index (χ0) is 21.8. The number of hydrogen-bond donors (Lipinski definition) is 1. The summed E-state index contributed by atoms with van der Waals surface area (Å²) in [5.74, 6) is 1.36. The van der Waals surface area contributed by atoms with Crippen LogP contribution in [0.2, 0.25) is 0 Å². The molecule has 0 atom stereocenters. The summed E-state index contributed by atoms with van der Waals surface area (Å²) < 4.78 is 8.23. The second-order valence-corrected chi connectivity index (χ2v) is 9.38. The van der Waals surface area contributed by atoms with Gasteiger partial charge in [0.05, 0.1) is 11.4 Å². The van der Waals surface area contributed by atoms with Gasteiger partial charge < -0.3 is 9.73 Å². The Labute approximate surface area is 196 Å². The van der Waals surface area contributed by atoms with E-state index in [1.807, 2.05) is 53.3 Å². The predicted octanol–water partition coefficient (Wildman–Crippen LogP) is 5.87. The van der Waals surface area contributed by atoms with Crippen molar-refractivity contribution in [3.8, 4) is 22.8 Å². The van der Waals surface area contributed by atoms with Crippen molar-refractivity contribution in [3.05, 3.63) is 52.0 Å². The van der Waals surface area contributed by atoms with E-state index in [1.54, 1.807) is 0 Å². The van der Waals surface area contributed by atoms with Crippen LogP contribution in [-0.2, 0) is 11.3 Å². The molecule has 160 valence electrons. The van der Waals surface area contributed by atoms with Crippen LogP contribution in [-0.4, -0.2) is 31.4 Å². The minimum absolute atomic E-state index is 0.136. The third-order valence-corrected chi connectivity index (χ3v) is 6.54. The molecule has 4 rings (SSSR count). The van der Waals surface area contributed by atoms with Gasteiger partial charge in [0, 0.05) is 17.5 Å². The molecule has 0 radical (unpaired) electrons. The third kappa shape index (κ3) is 5.25. The lowest BCUT2D eigenvalue weighted by Crippen LogP contribution is -2.14. The number of thioether (sulfide) groups is 1. The first-order chi connectivity index (χ1) is 15.0. The molecule has 4 aromatic rings. The van der Waals surface area contributed by atoms with Crippen molar-refractivity contribution in [2.45, 2.75) is 32.0 Å². The van der Waals surface area contributed by atoms with Gasteiger partial charge in [-0.1, -0.05) is 48.5 Å². The van der Waals surface area contributed by atoms with Crippen LogP contribution in [0.4, 0.5) is 5.13 Å². The van der Waals surface area contributed by atoms with E-state index in [1.165, 1.54) is 28.7 Å². The van der Waals surface area contributed by atoms with E-state index < -0.39 is 0 Å². The van der Waals surface area contributed by atoms with Crippen molar-refractivity contribution in [3.63, 3.8) is 0 Å². The van der Waals surface area contributed by atoms with Crippen molar-refractivity contribution in [2.75, 3.05) is 11.1 Å². The maximum Gasteiger partial charge on any atom is 0.236 e. The van der Waals surface area contributed by atoms with Crippen LogP contribution >= 0.6 is 39.0 Å². The molecule has 1 amide bonds. The number of aromatic nitrogens is 4. The number of halogens is 1. The highest BCUT2D eigenvalue weighted by molar-refractivity contribution is 9.10. The predicted molar refractivity (Wildman–Crippen MR) is 127 cm³/mol. The number of amides is 1. The van der Waals surface area contributed by atoms with Crippen molar-refractivity contribution in [1.29, 1.82) is 0 Å². The van der Waals surface area contributed by atoms with Crippen molar-refractivity contribution < 1.29 is 9.21 Å². The molecule has 10 heteroatoms. The molecule has 31 heavy (non-hydrogen) atoms. The highest BCUT2D eigenvalue weighted by atomic mass is 79.9. The molecule has 0 bridgehead atoms. The fraction of sp³-hybridized carbons (Fsp3) is 0.238. The Kier molecular flexibility index (Phi) is 6.89. The topological polar surface area (TPSA) is 85.8 Å². The Hall–Kier alpha value is -2.43. The summed E-state index contributed by atoms with van der Waals surface area (Å²) in [4.78, 5) is 17.0. The minimum atomic E-state index is -0.136. The summed E-state index contributed by atoms with van der Waals surface area (Å²) in [5.41, 5.74) is 3.08. The number of nitrogens with zero attached hydrogens (tertiary/aromatic N) is 4. The molecule has 0 spiro atoms. The first-order valence-electron chi connectivity index (χ1n) is 9.67. The number of nitrogens with one attached hydrogen (secondary N) is 1. The number of aryl methyl sites for hydroxylation is 1. The third-order valence-electron chi connectivity index (χ3n) is 4.39. The van der Waals surface area contributed by atoms with Gasteiger partial charge >= 0.3 is 0 Å². The van der Waals surface area contributed by atoms with E-state index in [0.29, 0.717) is 26.5 Å².